The number of rotatable bonds is 8. The van der Waals surface area contributed by atoms with E-state index >= 15 is 0 Å². The van der Waals surface area contributed by atoms with Crippen LogP contribution < -0.4 is 5.32 Å². The van der Waals surface area contributed by atoms with E-state index in [0.29, 0.717) is 6.04 Å². The largest absolute Gasteiger partial charge is 0.313 e. The first kappa shape index (κ1) is 14.5. The van der Waals surface area contributed by atoms with E-state index in [2.05, 4.69) is 55.4 Å². The number of hydrogen-bond donors (Lipinski definition) is 1. The van der Waals surface area contributed by atoms with Gasteiger partial charge in [0.05, 0.1) is 0 Å². The summed E-state index contributed by atoms with van der Waals surface area (Å²) in [7, 11) is 2.07. The van der Waals surface area contributed by atoms with Gasteiger partial charge in [0.2, 0.25) is 0 Å². The third-order valence-corrected chi connectivity index (χ3v) is 4.22. The number of benzene rings is 1. The second-order valence-electron chi connectivity index (χ2n) is 5.88. The summed E-state index contributed by atoms with van der Waals surface area (Å²) in [4.78, 5) is 2.61. The van der Waals surface area contributed by atoms with Crippen molar-refractivity contribution in [1.29, 1.82) is 0 Å². The zero-order chi connectivity index (χ0) is 13.7. The maximum absolute atomic E-state index is 3.46. The fourth-order valence-electron chi connectivity index (χ4n) is 2.63. The van der Waals surface area contributed by atoms with Gasteiger partial charge < -0.3 is 10.2 Å². The van der Waals surface area contributed by atoms with Crippen LogP contribution in [0.4, 0.5) is 0 Å². The Labute approximate surface area is 118 Å². The van der Waals surface area contributed by atoms with Crippen molar-refractivity contribution in [3.8, 4) is 0 Å². The molecule has 1 aromatic rings. The van der Waals surface area contributed by atoms with Crippen molar-refractivity contribution in [3.05, 3.63) is 35.4 Å². The standard InChI is InChI=1S/C17H28N2/c1-4-19(13-15-7-8-15)12-11-17(18-3)16-9-5-14(2)6-10-16/h5-6,9-10,15,17-18H,4,7-8,11-13H2,1-3H3. The Balaban J connectivity index is 1.85. The molecule has 1 fully saturated rings. The van der Waals surface area contributed by atoms with Gasteiger partial charge >= 0.3 is 0 Å². The minimum absolute atomic E-state index is 0.480. The van der Waals surface area contributed by atoms with Crippen LogP contribution in [0.1, 0.15) is 43.4 Å². The average Bonchev–Trinajstić information content (AvgIpc) is 3.24. The molecule has 1 saturated carbocycles. The van der Waals surface area contributed by atoms with Gasteiger partial charge in [0.25, 0.3) is 0 Å². The van der Waals surface area contributed by atoms with Crippen molar-refractivity contribution >= 4 is 0 Å². The summed E-state index contributed by atoms with van der Waals surface area (Å²) in [5.74, 6) is 0.993. The van der Waals surface area contributed by atoms with Crippen molar-refractivity contribution in [2.45, 2.75) is 39.2 Å². The molecule has 1 unspecified atom stereocenters. The Morgan fingerprint density at radius 3 is 2.47 bits per heavy atom. The van der Waals surface area contributed by atoms with Crippen LogP contribution in [0.15, 0.2) is 24.3 Å². The van der Waals surface area contributed by atoms with E-state index in [0.717, 1.165) is 5.92 Å². The van der Waals surface area contributed by atoms with E-state index in [9.17, 15) is 0 Å². The number of nitrogens with zero attached hydrogens (tertiary/aromatic N) is 1. The second kappa shape index (κ2) is 7.06. The van der Waals surface area contributed by atoms with Crippen molar-refractivity contribution in [2.24, 2.45) is 5.92 Å². The summed E-state index contributed by atoms with van der Waals surface area (Å²) in [5, 5.41) is 3.46. The highest BCUT2D eigenvalue weighted by atomic mass is 15.1. The zero-order valence-corrected chi connectivity index (χ0v) is 12.7. The average molecular weight is 260 g/mol. The number of nitrogens with one attached hydrogen (secondary N) is 1. The van der Waals surface area contributed by atoms with E-state index in [1.807, 2.05) is 0 Å². The third-order valence-electron chi connectivity index (χ3n) is 4.22. The normalized spacial score (nSPS) is 16.8. The van der Waals surface area contributed by atoms with Crippen LogP contribution in [0.25, 0.3) is 0 Å². The first-order valence-electron chi connectivity index (χ1n) is 7.69. The van der Waals surface area contributed by atoms with Gasteiger partial charge in [-0.05, 0) is 57.8 Å². The lowest BCUT2D eigenvalue weighted by molar-refractivity contribution is 0.261. The molecule has 0 aliphatic heterocycles. The smallest absolute Gasteiger partial charge is 0.0329 e. The van der Waals surface area contributed by atoms with Crippen molar-refractivity contribution in [3.63, 3.8) is 0 Å². The quantitative estimate of drug-likeness (QED) is 0.771. The van der Waals surface area contributed by atoms with Crippen LogP contribution in [0, 0.1) is 12.8 Å². The Morgan fingerprint density at radius 2 is 1.95 bits per heavy atom. The summed E-state index contributed by atoms with van der Waals surface area (Å²) in [6.45, 7) is 8.11. The highest BCUT2D eigenvalue weighted by Crippen LogP contribution is 2.30. The first-order chi connectivity index (χ1) is 9.22. The van der Waals surface area contributed by atoms with Crippen LogP contribution in [0.3, 0.4) is 0 Å². The van der Waals surface area contributed by atoms with Gasteiger partial charge in [-0.25, -0.2) is 0 Å². The lowest BCUT2D eigenvalue weighted by Crippen LogP contribution is -2.30. The predicted molar refractivity (Wildman–Crippen MR) is 82.4 cm³/mol. The van der Waals surface area contributed by atoms with Gasteiger partial charge in [-0.15, -0.1) is 0 Å². The molecule has 2 rings (SSSR count). The molecular formula is C17H28N2. The van der Waals surface area contributed by atoms with E-state index < -0.39 is 0 Å². The van der Waals surface area contributed by atoms with E-state index in [1.165, 1.54) is 50.0 Å². The zero-order valence-electron chi connectivity index (χ0n) is 12.7. The van der Waals surface area contributed by atoms with Crippen LogP contribution >= 0.6 is 0 Å². The van der Waals surface area contributed by atoms with E-state index in [1.54, 1.807) is 0 Å². The maximum atomic E-state index is 3.46. The molecule has 0 saturated heterocycles. The summed E-state index contributed by atoms with van der Waals surface area (Å²) in [5.41, 5.74) is 2.75. The van der Waals surface area contributed by atoms with Crippen molar-refractivity contribution in [2.75, 3.05) is 26.7 Å². The highest BCUT2D eigenvalue weighted by Gasteiger charge is 2.23. The molecule has 0 amide bonds. The topological polar surface area (TPSA) is 15.3 Å². The first-order valence-corrected chi connectivity index (χ1v) is 7.69. The predicted octanol–water partition coefficient (Wildman–Crippen LogP) is 3.38. The maximum Gasteiger partial charge on any atom is 0.0329 e. The van der Waals surface area contributed by atoms with Gasteiger partial charge in [-0.2, -0.15) is 0 Å². The summed E-state index contributed by atoms with van der Waals surface area (Å²) < 4.78 is 0. The SMILES string of the molecule is CCN(CCC(NC)c1ccc(C)cc1)CC1CC1. The molecule has 1 atom stereocenters. The van der Waals surface area contributed by atoms with Gasteiger partial charge in [-0.1, -0.05) is 36.8 Å². The minimum Gasteiger partial charge on any atom is -0.313 e. The lowest BCUT2D eigenvalue weighted by Gasteiger charge is -2.24. The summed E-state index contributed by atoms with van der Waals surface area (Å²) in [6.07, 6.45) is 4.09. The molecule has 1 aromatic carbocycles. The molecule has 0 aromatic heterocycles. The van der Waals surface area contributed by atoms with Gasteiger partial charge in [0.1, 0.15) is 0 Å². The molecule has 2 heteroatoms. The number of aryl methyl sites for hydroxylation is 1. The Morgan fingerprint density at radius 1 is 1.26 bits per heavy atom. The van der Waals surface area contributed by atoms with Crippen molar-refractivity contribution < 1.29 is 0 Å². The molecule has 0 heterocycles. The fourth-order valence-corrected chi connectivity index (χ4v) is 2.63. The fraction of sp³-hybridized carbons (Fsp3) is 0.647. The molecule has 1 aliphatic rings. The third kappa shape index (κ3) is 4.63. The molecule has 0 spiro atoms. The van der Waals surface area contributed by atoms with E-state index in [4.69, 9.17) is 0 Å². The lowest BCUT2D eigenvalue weighted by atomic mass is 10.0. The molecule has 1 aliphatic carbocycles. The molecule has 106 valence electrons. The van der Waals surface area contributed by atoms with Gasteiger partial charge in [0, 0.05) is 12.6 Å². The van der Waals surface area contributed by atoms with Crippen LogP contribution in [-0.4, -0.2) is 31.6 Å². The second-order valence-corrected chi connectivity index (χ2v) is 5.88. The summed E-state index contributed by atoms with van der Waals surface area (Å²) in [6, 6.07) is 9.42. The molecule has 19 heavy (non-hydrogen) atoms. The molecule has 0 radical (unpaired) electrons. The summed E-state index contributed by atoms with van der Waals surface area (Å²) >= 11 is 0. The molecular weight excluding hydrogens is 232 g/mol. The highest BCUT2D eigenvalue weighted by molar-refractivity contribution is 5.24. The van der Waals surface area contributed by atoms with Crippen LogP contribution in [0.5, 0.6) is 0 Å². The van der Waals surface area contributed by atoms with Crippen LogP contribution in [-0.2, 0) is 0 Å². The minimum atomic E-state index is 0.480. The Hall–Kier alpha value is -0.860. The molecule has 1 N–H and O–H groups in total. The molecule has 2 nitrogen and oxygen atoms in total. The van der Waals surface area contributed by atoms with Crippen LogP contribution in [0.2, 0.25) is 0 Å². The Bertz CT molecular complexity index is 367. The van der Waals surface area contributed by atoms with Crippen molar-refractivity contribution in [1.82, 2.24) is 10.2 Å². The molecule has 0 bridgehead atoms. The Kier molecular flexibility index (Phi) is 5.41. The van der Waals surface area contributed by atoms with E-state index in [-0.39, 0.29) is 0 Å². The van der Waals surface area contributed by atoms with Gasteiger partial charge in [-0.3, -0.25) is 0 Å². The monoisotopic (exact) mass is 260 g/mol. The number of hydrogen-bond acceptors (Lipinski definition) is 2. The van der Waals surface area contributed by atoms with Gasteiger partial charge in [0.15, 0.2) is 0 Å².